The predicted molar refractivity (Wildman–Crippen MR) is 152 cm³/mol. The molecule has 11 heteroatoms. The van der Waals surface area contributed by atoms with Crippen molar-refractivity contribution in [3.05, 3.63) is 83.5 Å². The van der Waals surface area contributed by atoms with Crippen molar-refractivity contribution in [1.29, 1.82) is 5.41 Å². The van der Waals surface area contributed by atoms with Crippen LogP contribution < -0.4 is 10.6 Å². The molecule has 2 aliphatic rings. The van der Waals surface area contributed by atoms with E-state index in [2.05, 4.69) is 22.2 Å². The molecule has 3 unspecified atom stereocenters. The molecule has 0 saturated carbocycles. The van der Waals surface area contributed by atoms with Gasteiger partial charge < -0.3 is 25.5 Å². The van der Waals surface area contributed by atoms with Gasteiger partial charge in [0.05, 0.1) is 46.0 Å². The minimum Gasteiger partial charge on any atom is -0.387 e. The Morgan fingerprint density at radius 3 is 2.61 bits per heavy atom. The second-order valence-electron chi connectivity index (χ2n) is 10.4. The smallest absolute Gasteiger partial charge is 0.246 e. The summed E-state index contributed by atoms with van der Waals surface area (Å²) in [6.45, 7) is 9.30. The molecule has 41 heavy (non-hydrogen) atoms. The number of pyridine rings is 1. The third-order valence-corrected chi connectivity index (χ3v) is 7.64. The first-order chi connectivity index (χ1) is 19.5. The Morgan fingerprint density at radius 2 is 1.93 bits per heavy atom. The Morgan fingerprint density at radius 1 is 1.20 bits per heavy atom. The molecule has 0 aliphatic carbocycles. The number of piperazine rings is 1. The fourth-order valence-electron chi connectivity index (χ4n) is 5.70. The molecule has 1 saturated heterocycles. The molecular weight excluding hydrogens is 533 g/mol. The number of hydrogen-bond donors (Lipinski definition) is 4. The molecule has 2 aromatic carbocycles. The zero-order valence-electron chi connectivity index (χ0n) is 22.9. The Labute approximate surface area is 236 Å². The summed E-state index contributed by atoms with van der Waals surface area (Å²) >= 11 is 0. The lowest BCUT2D eigenvalue weighted by atomic mass is 9.96. The number of anilines is 3. The number of aliphatic hydroxyl groups excluding tert-OH is 1. The van der Waals surface area contributed by atoms with Gasteiger partial charge in [0.15, 0.2) is 11.6 Å². The number of amides is 1. The average molecular weight is 565 g/mol. The molecule has 1 amide bonds. The van der Waals surface area contributed by atoms with Crippen LogP contribution in [0.15, 0.2) is 49.2 Å². The number of nitrogens with zero attached hydrogens (tertiary/aromatic N) is 3. The van der Waals surface area contributed by atoms with Gasteiger partial charge in [0, 0.05) is 37.4 Å². The Kier molecular flexibility index (Phi) is 7.48. The van der Waals surface area contributed by atoms with Gasteiger partial charge in [-0.2, -0.15) is 0 Å². The molecule has 4 N–H and O–H groups in total. The molecule has 1 fully saturated rings. The number of nitrogens with one attached hydrogen (secondary N) is 3. The molecular formula is C30H31F3N6O2. The van der Waals surface area contributed by atoms with Gasteiger partial charge in [-0.05, 0) is 44.5 Å². The van der Waals surface area contributed by atoms with Crippen LogP contribution in [-0.2, 0) is 4.79 Å². The number of amidine groups is 1. The lowest BCUT2D eigenvalue weighted by molar-refractivity contribution is -0.129. The van der Waals surface area contributed by atoms with E-state index in [0.717, 1.165) is 6.07 Å². The van der Waals surface area contributed by atoms with Gasteiger partial charge in [-0.1, -0.05) is 24.8 Å². The summed E-state index contributed by atoms with van der Waals surface area (Å²) < 4.78 is 47.9. The fraction of sp³-hybridized carbons (Fsp3) is 0.300. The highest BCUT2D eigenvalue weighted by atomic mass is 19.1. The largest absolute Gasteiger partial charge is 0.387 e. The quantitative estimate of drug-likeness (QED) is 0.321. The predicted octanol–water partition coefficient (Wildman–Crippen LogP) is 5.11. The van der Waals surface area contributed by atoms with Crippen LogP contribution in [-0.4, -0.2) is 63.4 Å². The highest BCUT2D eigenvalue weighted by molar-refractivity contribution is 6.09. The number of rotatable bonds is 5. The number of halogens is 3. The Bertz CT molecular complexity index is 1560. The summed E-state index contributed by atoms with van der Waals surface area (Å²) in [6, 6.07) is 6.18. The second-order valence-corrected chi connectivity index (χ2v) is 10.4. The lowest BCUT2D eigenvalue weighted by Gasteiger charge is -2.45. The monoisotopic (exact) mass is 564 g/mol. The second kappa shape index (κ2) is 10.9. The maximum Gasteiger partial charge on any atom is 0.246 e. The minimum atomic E-state index is -1.09. The Balaban J connectivity index is 1.75. The van der Waals surface area contributed by atoms with Gasteiger partial charge in [0.2, 0.25) is 5.91 Å². The first-order valence-corrected chi connectivity index (χ1v) is 13.3. The molecule has 2 aliphatic heterocycles. The fourth-order valence-corrected chi connectivity index (χ4v) is 5.70. The van der Waals surface area contributed by atoms with Crippen LogP contribution in [0.4, 0.5) is 30.2 Å². The summed E-state index contributed by atoms with van der Waals surface area (Å²) in [4.78, 5) is 20.0. The van der Waals surface area contributed by atoms with Crippen molar-refractivity contribution in [3.63, 3.8) is 0 Å². The molecule has 0 spiro atoms. The van der Waals surface area contributed by atoms with Gasteiger partial charge in [-0.25, -0.2) is 13.2 Å². The number of aromatic nitrogens is 1. The standard InChI is InChI=1S/C30H31F3N6O2/c1-5-21(41)38-13-16(3)39-18(14-38)12-36-28-23(30(39)34)29(37-26-15(2)10-11-35-27(26)17(4)40)25(33)22(24(28)32)19-8-6-7-9-20(19)31/h5-11,16-18,34,36-37,40H,1,12-14H2,2-4H3. The van der Waals surface area contributed by atoms with Gasteiger partial charge >= 0.3 is 0 Å². The van der Waals surface area contributed by atoms with Gasteiger partial charge in [0.25, 0.3) is 0 Å². The van der Waals surface area contributed by atoms with Gasteiger partial charge in [0.1, 0.15) is 11.7 Å². The van der Waals surface area contributed by atoms with Gasteiger partial charge in [-0.3, -0.25) is 15.2 Å². The van der Waals surface area contributed by atoms with E-state index in [4.69, 9.17) is 0 Å². The lowest BCUT2D eigenvalue weighted by Crippen LogP contribution is -2.61. The molecule has 3 heterocycles. The number of carbonyl (C=O) groups is 1. The molecule has 3 atom stereocenters. The third kappa shape index (κ3) is 4.80. The molecule has 5 rings (SSSR count). The molecule has 0 radical (unpaired) electrons. The number of hydrogen-bond acceptors (Lipinski definition) is 6. The third-order valence-electron chi connectivity index (χ3n) is 7.64. The first kappa shape index (κ1) is 28.2. The van der Waals surface area contributed by atoms with Crippen molar-refractivity contribution in [2.24, 2.45) is 0 Å². The van der Waals surface area contributed by atoms with Crippen molar-refractivity contribution in [3.8, 4) is 11.1 Å². The van der Waals surface area contributed by atoms with E-state index in [-0.39, 0.29) is 71.3 Å². The summed E-state index contributed by atoms with van der Waals surface area (Å²) in [5.74, 6) is -3.36. The number of aryl methyl sites for hydroxylation is 1. The number of fused-ring (bicyclic) bond motifs is 2. The van der Waals surface area contributed by atoms with Crippen molar-refractivity contribution in [2.75, 3.05) is 30.3 Å². The SMILES string of the molecule is C=CC(=O)N1CC(C)N2C(=N)c3c(c(F)c(-c4ccccc4F)c(F)c3Nc3c(C)ccnc3C(C)O)NCC2C1. The highest BCUT2D eigenvalue weighted by Crippen LogP contribution is 2.44. The summed E-state index contributed by atoms with van der Waals surface area (Å²) in [5.41, 5.74) is -0.245. The van der Waals surface area contributed by atoms with Crippen LogP contribution in [0.3, 0.4) is 0 Å². The van der Waals surface area contributed by atoms with Crippen LogP contribution >= 0.6 is 0 Å². The number of carbonyl (C=O) groups excluding carboxylic acids is 1. The van der Waals surface area contributed by atoms with Gasteiger partial charge in [-0.15, -0.1) is 0 Å². The first-order valence-electron chi connectivity index (χ1n) is 13.3. The molecule has 0 bridgehead atoms. The van der Waals surface area contributed by atoms with Crippen molar-refractivity contribution in [1.82, 2.24) is 14.8 Å². The number of benzene rings is 2. The average Bonchev–Trinajstić information content (AvgIpc) is 3.09. The molecule has 8 nitrogen and oxygen atoms in total. The van der Waals surface area contributed by atoms with E-state index in [9.17, 15) is 19.7 Å². The van der Waals surface area contributed by atoms with E-state index < -0.39 is 35.2 Å². The van der Waals surface area contributed by atoms with Crippen molar-refractivity contribution < 1.29 is 23.1 Å². The van der Waals surface area contributed by atoms with E-state index in [0.29, 0.717) is 5.56 Å². The normalized spacial score (nSPS) is 19.0. The summed E-state index contributed by atoms with van der Waals surface area (Å²) in [6.07, 6.45) is 1.71. The van der Waals surface area contributed by atoms with E-state index in [1.54, 1.807) is 22.8 Å². The summed E-state index contributed by atoms with van der Waals surface area (Å²) in [5, 5.41) is 25.7. The zero-order chi connectivity index (χ0) is 29.6. The summed E-state index contributed by atoms with van der Waals surface area (Å²) in [7, 11) is 0. The maximum absolute atomic E-state index is 16.6. The molecule has 3 aromatic rings. The minimum absolute atomic E-state index is 0.0854. The van der Waals surface area contributed by atoms with E-state index in [1.807, 2.05) is 6.92 Å². The van der Waals surface area contributed by atoms with Crippen LogP contribution in [0.2, 0.25) is 0 Å². The molecule has 214 valence electrons. The van der Waals surface area contributed by atoms with Crippen LogP contribution in [0.25, 0.3) is 11.1 Å². The highest BCUT2D eigenvalue weighted by Gasteiger charge is 2.41. The van der Waals surface area contributed by atoms with Crippen LogP contribution in [0.1, 0.15) is 36.8 Å². The van der Waals surface area contributed by atoms with Crippen molar-refractivity contribution >= 4 is 28.8 Å². The van der Waals surface area contributed by atoms with E-state index in [1.165, 1.54) is 37.4 Å². The molecule has 1 aromatic heterocycles. The van der Waals surface area contributed by atoms with Crippen LogP contribution in [0.5, 0.6) is 0 Å². The number of aliphatic hydroxyl groups is 1. The zero-order valence-corrected chi connectivity index (χ0v) is 22.9. The van der Waals surface area contributed by atoms with E-state index >= 15 is 8.78 Å². The topological polar surface area (TPSA) is 105 Å². The Hall–Kier alpha value is -4.38. The van der Waals surface area contributed by atoms with Crippen molar-refractivity contribution in [2.45, 2.75) is 39.0 Å². The maximum atomic E-state index is 16.6. The van der Waals surface area contributed by atoms with Crippen LogP contribution in [0, 0.1) is 29.8 Å².